The third-order valence-electron chi connectivity index (χ3n) is 1.61. The number of anilines is 1. The summed E-state index contributed by atoms with van der Waals surface area (Å²) in [6.45, 7) is 5.19. The van der Waals surface area contributed by atoms with E-state index >= 15 is 0 Å². The van der Waals surface area contributed by atoms with Gasteiger partial charge in [0.15, 0.2) is 0 Å². The molecule has 1 aromatic rings. The van der Waals surface area contributed by atoms with Crippen LogP contribution in [-0.4, -0.2) is 14.0 Å². The Morgan fingerprint density at radius 2 is 1.88 bits per heavy atom. The molecule has 1 aromatic carbocycles. The second kappa shape index (κ2) is 4.91. The summed E-state index contributed by atoms with van der Waals surface area (Å²) in [5.74, 6) is -0.447. The number of benzene rings is 1. The quantitative estimate of drug-likeness (QED) is 0.898. The molecule has 0 aliphatic rings. The summed E-state index contributed by atoms with van der Waals surface area (Å²) in [7, 11) is -3.67. The van der Waals surface area contributed by atoms with Crippen LogP contribution in [0, 0.1) is 5.82 Å². The lowest BCUT2D eigenvalue weighted by Crippen LogP contribution is -2.43. The lowest BCUT2D eigenvalue weighted by atomic mass is 10.1. The average Bonchev–Trinajstić information content (AvgIpc) is 2.06. The van der Waals surface area contributed by atoms with E-state index in [1.807, 2.05) is 0 Å². The highest BCUT2D eigenvalue weighted by Crippen LogP contribution is 2.20. The van der Waals surface area contributed by atoms with Gasteiger partial charge in [0.25, 0.3) is 10.2 Å². The van der Waals surface area contributed by atoms with Gasteiger partial charge in [0.1, 0.15) is 5.82 Å². The maximum Gasteiger partial charge on any atom is 0.299 e. The minimum atomic E-state index is -3.67. The van der Waals surface area contributed by atoms with Crippen LogP contribution in [0.25, 0.3) is 0 Å². The molecule has 0 atom stereocenters. The van der Waals surface area contributed by atoms with Gasteiger partial charge in [-0.1, -0.05) is 0 Å². The highest BCUT2D eigenvalue weighted by atomic mass is 79.9. The van der Waals surface area contributed by atoms with Gasteiger partial charge >= 0.3 is 0 Å². The summed E-state index contributed by atoms with van der Waals surface area (Å²) in [6, 6.07) is 3.89. The average molecular weight is 325 g/mol. The van der Waals surface area contributed by atoms with E-state index in [9.17, 15) is 12.8 Å². The molecule has 0 spiro atoms. The number of hydrogen-bond acceptors (Lipinski definition) is 2. The predicted molar refractivity (Wildman–Crippen MR) is 69.5 cm³/mol. The highest BCUT2D eigenvalue weighted by Gasteiger charge is 2.19. The molecule has 0 saturated heterocycles. The third kappa shape index (κ3) is 5.01. The zero-order valence-electron chi connectivity index (χ0n) is 9.71. The van der Waals surface area contributed by atoms with Crippen molar-refractivity contribution < 1.29 is 12.8 Å². The standard InChI is InChI=1S/C10H14BrFN2O2S/c1-10(2,3)14-17(15,16)13-7-4-5-9(12)8(11)6-7/h4-6,13-14H,1-3H3. The van der Waals surface area contributed by atoms with Crippen molar-refractivity contribution >= 4 is 31.8 Å². The highest BCUT2D eigenvalue weighted by molar-refractivity contribution is 9.10. The second-order valence-corrected chi connectivity index (χ2v) is 6.86. The van der Waals surface area contributed by atoms with Crippen molar-refractivity contribution in [2.24, 2.45) is 0 Å². The molecule has 96 valence electrons. The molecule has 0 radical (unpaired) electrons. The first-order valence-corrected chi connectivity index (χ1v) is 7.13. The topological polar surface area (TPSA) is 58.2 Å². The summed E-state index contributed by atoms with van der Waals surface area (Å²) in [6.07, 6.45) is 0. The van der Waals surface area contributed by atoms with Gasteiger partial charge in [-0.15, -0.1) is 0 Å². The number of hydrogen-bond donors (Lipinski definition) is 2. The summed E-state index contributed by atoms with van der Waals surface area (Å²) < 4.78 is 41.3. The Hall–Kier alpha value is -0.660. The van der Waals surface area contributed by atoms with E-state index < -0.39 is 21.6 Å². The van der Waals surface area contributed by atoms with E-state index in [0.29, 0.717) is 0 Å². The lowest BCUT2D eigenvalue weighted by molar-refractivity contribution is 0.494. The Bertz CT molecular complexity index is 512. The molecule has 0 bridgehead atoms. The van der Waals surface area contributed by atoms with Crippen LogP contribution < -0.4 is 9.44 Å². The van der Waals surface area contributed by atoms with Gasteiger partial charge in [0.05, 0.1) is 10.2 Å². The molecule has 0 amide bonds. The van der Waals surface area contributed by atoms with E-state index in [4.69, 9.17) is 0 Å². The zero-order chi connectivity index (χ0) is 13.3. The van der Waals surface area contributed by atoms with Crippen LogP contribution in [0.15, 0.2) is 22.7 Å². The fourth-order valence-corrected chi connectivity index (χ4v) is 2.82. The van der Waals surface area contributed by atoms with Gasteiger partial charge < -0.3 is 0 Å². The summed E-state index contributed by atoms with van der Waals surface area (Å²) in [4.78, 5) is 0. The first kappa shape index (κ1) is 14.4. The molecule has 0 fully saturated rings. The molecule has 0 unspecified atom stereocenters. The van der Waals surface area contributed by atoms with Gasteiger partial charge in [-0.2, -0.15) is 13.1 Å². The van der Waals surface area contributed by atoms with Crippen molar-refractivity contribution in [3.8, 4) is 0 Å². The first-order chi connectivity index (χ1) is 7.59. The molecular formula is C10H14BrFN2O2S. The van der Waals surface area contributed by atoms with Gasteiger partial charge in [0.2, 0.25) is 0 Å². The first-order valence-electron chi connectivity index (χ1n) is 4.86. The van der Waals surface area contributed by atoms with Crippen molar-refractivity contribution in [2.45, 2.75) is 26.3 Å². The van der Waals surface area contributed by atoms with Crippen LogP contribution in [-0.2, 0) is 10.2 Å². The van der Waals surface area contributed by atoms with Crippen LogP contribution in [0.2, 0.25) is 0 Å². The molecule has 0 aliphatic heterocycles. The molecule has 0 heterocycles. The van der Waals surface area contributed by atoms with E-state index in [0.717, 1.165) is 0 Å². The maximum atomic E-state index is 13.0. The number of halogens is 2. The molecule has 7 heteroatoms. The molecule has 17 heavy (non-hydrogen) atoms. The van der Waals surface area contributed by atoms with Crippen molar-refractivity contribution in [1.29, 1.82) is 0 Å². The Morgan fingerprint density at radius 1 is 1.29 bits per heavy atom. The maximum absolute atomic E-state index is 13.0. The molecule has 1 rings (SSSR count). The van der Waals surface area contributed by atoms with Gasteiger partial charge in [-0.25, -0.2) is 4.39 Å². The van der Waals surface area contributed by atoms with Crippen molar-refractivity contribution in [3.63, 3.8) is 0 Å². The van der Waals surface area contributed by atoms with Crippen LogP contribution in [0.1, 0.15) is 20.8 Å². The third-order valence-corrected chi connectivity index (χ3v) is 3.61. The monoisotopic (exact) mass is 324 g/mol. The van der Waals surface area contributed by atoms with E-state index in [1.165, 1.54) is 18.2 Å². The van der Waals surface area contributed by atoms with Crippen molar-refractivity contribution in [1.82, 2.24) is 4.72 Å². The molecular weight excluding hydrogens is 311 g/mol. The van der Waals surface area contributed by atoms with Crippen LogP contribution in [0.4, 0.5) is 10.1 Å². The molecule has 4 nitrogen and oxygen atoms in total. The SMILES string of the molecule is CC(C)(C)NS(=O)(=O)Nc1ccc(F)c(Br)c1. The summed E-state index contributed by atoms with van der Waals surface area (Å²) in [5.41, 5.74) is -0.293. The largest absolute Gasteiger partial charge is 0.299 e. The fourth-order valence-electron chi connectivity index (χ4n) is 1.14. The lowest BCUT2D eigenvalue weighted by Gasteiger charge is -2.20. The smallest absolute Gasteiger partial charge is 0.271 e. The van der Waals surface area contributed by atoms with Crippen molar-refractivity contribution in [3.05, 3.63) is 28.5 Å². The Balaban J connectivity index is 2.87. The second-order valence-electron chi connectivity index (χ2n) is 4.59. The Kier molecular flexibility index (Phi) is 4.16. The normalized spacial score (nSPS) is 12.5. The zero-order valence-corrected chi connectivity index (χ0v) is 12.1. The predicted octanol–water partition coefficient (Wildman–Crippen LogP) is 2.63. The van der Waals surface area contributed by atoms with Gasteiger partial charge in [-0.05, 0) is 54.9 Å². The fraction of sp³-hybridized carbons (Fsp3) is 0.400. The molecule has 2 N–H and O–H groups in total. The van der Waals surface area contributed by atoms with Gasteiger partial charge in [0, 0.05) is 5.54 Å². The van der Waals surface area contributed by atoms with E-state index in [-0.39, 0.29) is 10.2 Å². The molecule has 0 aliphatic carbocycles. The minimum absolute atomic E-state index is 0.202. The minimum Gasteiger partial charge on any atom is -0.271 e. The Morgan fingerprint density at radius 3 is 2.35 bits per heavy atom. The van der Waals surface area contributed by atoms with Crippen LogP contribution >= 0.6 is 15.9 Å². The number of nitrogens with one attached hydrogen (secondary N) is 2. The van der Waals surface area contributed by atoms with E-state index in [1.54, 1.807) is 20.8 Å². The summed E-state index contributed by atoms with van der Waals surface area (Å²) >= 11 is 2.98. The van der Waals surface area contributed by atoms with Gasteiger partial charge in [-0.3, -0.25) is 4.72 Å². The van der Waals surface area contributed by atoms with Crippen LogP contribution in [0.3, 0.4) is 0 Å². The molecule has 0 saturated carbocycles. The van der Waals surface area contributed by atoms with Crippen LogP contribution in [0.5, 0.6) is 0 Å². The van der Waals surface area contributed by atoms with E-state index in [2.05, 4.69) is 25.4 Å². The Labute approximate surface area is 109 Å². The number of rotatable bonds is 3. The summed E-state index contributed by atoms with van der Waals surface area (Å²) in [5, 5.41) is 0. The van der Waals surface area contributed by atoms with Crippen molar-refractivity contribution in [2.75, 3.05) is 4.72 Å². The molecule has 0 aromatic heterocycles.